The number of piperazine rings is 1. The van der Waals surface area contributed by atoms with Crippen LogP contribution >= 0.6 is 0 Å². The van der Waals surface area contributed by atoms with Gasteiger partial charge < -0.3 is 14.7 Å². The van der Waals surface area contributed by atoms with Gasteiger partial charge in [-0.2, -0.15) is 0 Å². The molecule has 1 aromatic heterocycles. The largest absolute Gasteiger partial charge is 0.368 e. The molecule has 1 unspecified atom stereocenters. The molecular formula is C23H31N5O. The molecule has 6 nitrogen and oxygen atoms in total. The Kier molecular flexibility index (Phi) is 5.69. The zero-order valence-corrected chi connectivity index (χ0v) is 17.8. The lowest BCUT2D eigenvalue weighted by Gasteiger charge is -2.37. The van der Waals surface area contributed by atoms with Crippen molar-refractivity contribution >= 4 is 17.5 Å². The van der Waals surface area contributed by atoms with Crippen LogP contribution in [0.3, 0.4) is 0 Å². The third kappa shape index (κ3) is 4.21. The van der Waals surface area contributed by atoms with Crippen molar-refractivity contribution in [3.63, 3.8) is 0 Å². The Morgan fingerprint density at radius 2 is 1.83 bits per heavy atom. The first-order valence-electron chi connectivity index (χ1n) is 10.7. The van der Waals surface area contributed by atoms with E-state index in [0.717, 1.165) is 32.6 Å². The second kappa shape index (κ2) is 8.39. The highest BCUT2D eigenvalue weighted by molar-refractivity contribution is 5.92. The number of aromatic nitrogens is 2. The minimum atomic E-state index is 0.0133. The summed E-state index contributed by atoms with van der Waals surface area (Å²) >= 11 is 0. The van der Waals surface area contributed by atoms with E-state index in [4.69, 9.17) is 0 Å². The van der Waals surface area contributed by atoms with E-state index in [-0.39, 0.29) is 5.91 Å². The highest BCUT2D eigenvalue weighted by atomic mass is 16.2. The van der Waals surface area contributed by atoms with Crippen molar-refractivity contribution in [2.75, 3.05) is 49.1 Å². The van der Waals surface area contributed by atoms with Gasteiger partial charge in [-0.15, -0.1) is 0 Å². The molecule has 0 N–H and O–H groups in total. The number of hydrogen-bond donors (Lipinski definition) is 0. The number of aryl methyl sites for hydroxylation is 1. The van der Waals surface area contributed by atoms with Gasteiger partial charge in [0.1, 0.15) is 5.69 Å². The fourth-order valence-corrected chi connectivity index (χ4v) is 4.38. The molecular weight excluding hydrogens is 362 g/mol. The molecule has 29 heavy (non-hydrogen) atoms. The van der Waals surface area contributed by atoms with Crippen molar-refractivity contribution in [1.29, 1.82) is 0 Å². The van der Waals surface area contributed by atoms with E-state index in [1.165, 1.54) is 23.2 Å². The lowest BCUT2D eigenvalue weighted by Crippen LogP contribution is -2.49. The van der Waals surface area contributed by atoms with E-state index in [2.05, 4.69) is 58.7 Å². The predicted octanol–water partition coefficient (Wildman–Crippen LogP) is 3.29. The Bertz CT molecular complexity index is 875. The molecule has 2 aliphatic heterocycles. The zero-order chi connectivity index (χ0) is 20.4. The van der Waals surface area contributed by atoms with Gasteiger partial charge in [0.2, 0.25) is 5.95 Å². The van der Waals surface area contributed by atoms with Gasteiger partial charge in [-0.3, -0.25) is 4.79 Å². The van der Waals surface area contributed by atoms with Crippen LogP contribution in [0.1, 0.15) is 41.4 Å². The molecule has 1 amide bonds. The molecule has 0 bridgehead atoms. The zero-order valence-electron chi connectivity index (χ0n) is 17.8. The van der Waals surface area contributed by atoms with E-state index in [0.29, 0.717) is 30.6 Å². The number of rotatable bonds is 3. The summed E-state index contributed by atoms with van der Waals surface area (Å²) in [5.74, 6) is 1.35. The minimum Gasteiger partial charge on any atom is -0.368 e. The summed E-state index contributed by atoms with van der Waals surface area (Å²) in [6.45, 7) is 11.6. The summed E-state index contributed by atoms with van der Waals surface area (Å²) in [6.07, 6.45) is 4.13. The van der Waals surface area contributed by atoms with Crippen molar-refractivity contribution in [3.05, 3.63) is 47.3 Å². The molecule has 0 saturated carbocycles. The van der Waals surface area contributed by atoms with E-state index in [1.54, 1.807) is 12.3 Å². The molecule has 2 fully saturated rings. The average Bonchev–Trinajstić information content (AvgIpc) is 2.75. The lowest BCUT2D eigenvalue weighted by atomic mass is 10.0. The number of nitrogens with zero attached hydrogens (tertiary/aromatic N) is 5. The molecule has 1 atom stereocenters. The van der Waals surface area contributed by atoms with Crippen LogP contribution in [-0.4, -0.2) is 60.0 Å². The lowest BCUT2D eigenvalue weighted by molar-refractivity contribution is 0.0740. The Morgan fingerprint density at radius 1 is 1.03 bits per heavy atom. The van der Waals surface area contributed by atoms with Crippen LogP contribution in [0.25, 0.3) is 0 Å². The molecule has 3 heterocycles. The van der Waals surface area contributed by atoms with E-state index in [1.807, 2.05) is 4.90 Å². The summed E-state index contributed by atoms with van der Waals surface area (Å²) < 4.78 is 0. The molecule has 0 spiro atoms. The molecule has 0 radical (unpaired) electrons. The van der Waals surface area contributed by atoms with Crippen LogP contribution in [0.4, 0.5) is 11.6 Å². The normalized spacial score (nSPS) is 20.1. The monoisotopic (exact) mass is 393 g/mol. The first-order valence-corrected chi connectivity index (χ1v) is 10.7. The SMILES string of the molecule is Cc1cccc(N2CCN(C(=O)c3ccnc(N4CCCC(C)C4)n3)CC2)c1C. The van der Waals surface area contributed by atoms with Crippen LogP contribution < -0.4 is 9.80 Å². The molecule has 6 heteroatoms. The van der Waals surface area contributed by atoms with Crippen LogP contribution in [0.5, 0.6) is 0 Å². The maximum absolute atomic E-state index is 13.1. The topological polar surface area (TPSA) is 52.6 Å². The maximum atomic E-state index is 13.1. The van der Waals surface area contributed by atoms with E-state index >= 15 is 0 Å². The fourth-order valence-electron chi connectivity index (χ4n) is 4.38. The van der Waals surface area contributed by atoms with Gasteiger partial charge in [0.15, 0.2) is 0 Å². The number of amides is 1. The highest BCUT2D eigenvalue weighted by Gasteiger charge is 2.25. The first kappa shape index (κ1) is 19.7. The molecule has 2 aliphatic rings. The molecule has 154 valence electrons. The van der Waals surface area contributed by atoms with Crippen molar-refractivity contribution in [3.8, 4) is 0 Å². The maximum Gasteiger partial charge on any atom is 0.272 e. The Hall–Kier alpha value is -2.63. The summed E-state index contributed by atoms with van der Waals surface area (Å²) in [4.78, 5) is 28.6. The molecule has 2 aromatic rings. The number of benzene rings is 1. The van der Waals surface area contributed by atoms with Crippen molar-refractivity contribution < 1.29 is 4.79 Å². The van der Waals surface area contributed by atoms with E-state index in [9.17, 15) is 4.79 Å². The van der Waals surface area contributed by atoms with Gasteiger partial charge in [-0.05, 0) is 55.9 Å². The second-order valence-electron chi connectivity index (χ2n) is 8.43. The number of carbonyl (C=O) groups is 1. The number of hydrogen-bond acceptors (Lipinski definition) is 5. The summed E-state index contributed by atoms with van der Waals surface area (Å²) in [6, 6.07) is 8.18. The van der Waals surface area contributed by atoms with Crippen LogP contribution in [0.15, 0.2) is 30.5 Å². The fraction of sp³-hybridized carbons (Fsp3) is 0.522. The highest BCUT2D eigenvalue weighted by Crippen LogP contribution is 2.24. The number of carbonyl (C=O) groups excluding carboxylic acids is 1. The summed E-state index contributed by atoms with van der Waals surface area (Å²) in [5, 5.41) is 0. The van der Waals surface area contributed by atoms with Gasteiger partial charge in [-0.1, -0.05) is 19.1 Å². The minimum absolute atomic E-state index is 0.0133. The molecule has 4 rings (SSSR count). The first-order chi connectivity index (χ1) is 14.0. The second-order valence-corrected chi connectivity index (χ2v) is 8.43. The van der Waals surface area contributed by atoms with E-state index < -0.39 is 0 Å². The van der Waals surface area contributed by atoms with Crippen LogP contribution in [0, 0.1) is 19.8 Å². The van der Waals surface area contributed by atoms with Gasteiger partial charge in [0.05, 0.1) is 0 Å². The standard InChI is InChI=1S/C23H31N5O/c1-17-6-5-11-28(16-17)23-24-10-9-20(25-23)22(29)27-14-12-26(13-15-27)21-8-4-7-18(2)19(21)3/h4,7-10,17H,5-6,11-16H2,1-3H3. The number of piperidine rings is 1. The van der Waals surface area contributed by atoms with Crippen molar-refractivity contribution in [2.24, 2.45) is 5.92 Å². The van der Waals surface area contributed by atoms with Gasteiger partial charge in [-0.25, -0.2) is 9.97 Å². The van der Waals surface area contributed by atoms with Crippen molar-refractivity contribution in [2.45, 2.75) is 33.6 Å². The van der Waals surface area contributed by atoms with Crippen LogP contribution in [-0.2, 0) is 0 Å². The third-order valence-electron chi connectivity index (χ3n) is 6.29. The number of anilines is 2. The predicted molar refractivity (Wildman–Crippen MR) is 117 cm³/mol. The average molecular weight is 394 g/mol. The van der Waals surface area contributed by atoms with Crippen molar-refractivity contribution in [1.82, 2.24) is 14.9 Å². The third-order valence-corrected chi connectivity index (χ3v) is 6.29. The smallest absolute Gasteiger partial charge is 0.272 e. The van der Waals surface area contributed by atoms with Gasteiger partial charge in [0, 0.05) is 51.2 Å². The molecule has 1 aromatic carbocycles. The Morgan fingerprint density at radius 3 is 2.59 bits per heavy atom. The Labute approximate surface area is 173 Å². The van der Waals surface area contributed by atoms with Crippen LogP contribution in [0.2, 0.25) is 0 Å². The Balaban J connectivity index is 1.42. The summed E-state index contributed by atoms with van der Waals surface area (Å²) in [7, 11) is 0. The quantitative estimate of drug-likeness (QED) is 0.801. The molecule has 0 aliphatic carbocycles. The van der Waals surface area contributed by atoms with Gasteiger partial charge >= 0.3 is 0 Å². The molecule has 2 saturated heterocycles. The summed E-state index contributed by atoms with van der Waals surface area (Å²) in [5.41, 5.74) is 4.42. The van der Waals surface area contributed by atoms with Gasteiger partial charge in [0.25, 0.3) is 5.91 Å².